The molecule has 108 valence electrons. The van der Waals surface area contributed by atoms with Gasteiger partial charge in [0, 0.05) is 12.2 Å². The van der Waals surface area contributed by atoms with E-state index in [4.69, 9.17) is 10.8 Å². The highest BCUT2D eigenvalue weighted by Gasteiger charge is 2.34. The zero-order chi connectivity index (χ0) is 14.0. The Kier molecular flexibility index (Phi) is 4.34. The van der Waals surface area contributed by atoms with Crippen molar-refractivity contribution in [3.8, 4) is 0 Å². The first-order valence-corrected chi connectivity index (χ1v) is 7.65. The molecule has 0 spiro atoms. The van der Waals surface area contributed by atoms with E-state index >= 15 is 0 Å². The van der Waals surface area contributed by atoms with Gasteiger partial charge >= 0.3 is 0 Å². The molecule has 0 aliphatic heterocycles. The van der Waals surface area contributed by atoms with Crippen LogP contribution in [0.1, 0.15) is 58.7 Å². The van der Waals surface area contributed by atoms with E-state index in [-0.39, 0.29) is 0 Å². The smallest absolute Gasteiger partial charge is 0.0627 e. The van der Waals surface area contributed by atoms with E-state index in [1.165, 1.54) is 25.0 Å². The van der Waals surface area contributed by atoms with Crippen molar-refractivity contribution in [2.45, 2.75) is 59.4 Å². The van der Waals surface area contributed by atoms with Crippen LogP contribution in [0.3, 0.4) is 0 Å². The second-order valence-electron chi connectivity index (χ2n) is 7.25. The van der Waals surface area contributed by atoms with Gasteiger partial charge in [-0.25, -0.2) is 0 Å². The molecular weight excluding hydrogens is 234 g/mol. The first-order valence-electron chi connectivity index (χ1n) is 7.65. The van der Waals surface area contributed by atoms with Gasteiger partial charge in [-0.3, -0.25) is 4.68 Å². The number of aromatic nitrogens is 2. The van der Waals surface area contributed by atoms with Gasteiger partial charge in [0.05, 0.1) is 5.69 Å². The molecule has 1 aromatic rings. The molecule has 19 heavy (non-hydrogen) atoms. The summed E-state index contributed by atoms with van der Waals surface area (Å²) in [6.07, 6.45) is 7.06. The lowest BCUT2D eigenvalue weighted by Gasteiger charge is -2.40. The monoisotopic (exact) mass is 263 g/mol. The Morgan fingerprint density at radius 2 is 2.16 bits per heavy atom. The Morgan fingerprint density at radius 1 is 1.42 bits per heavy atom. The molecule has 1 saturated carbocycles. The summed E-state index contributed by atoms with van der Waals surface area (Å²) in [4.78, 5) is 0. The Morgan fingerprint density at radius 3 is 2.74 bits per heavy atom. The molecule has 0 aromatic carbocycles. The van der Waals surface area contributed by atoms with Gasteiger partial charge < -0.3 is 5.73 Å². The molecule has 1 aliphatic rings. The quantitative estimate of drug-likeness (QED) is 0.904. The van der Waals surface area contributed by atoms with Crippen molar-refractivity contribution in [1.82, 2.24) is 9.78 Å². The SMILES string of the molecule is CC(C)n1ccc(CC2CC(C)(C)CCC2CN)n1. The van der Waals surface area contributed by atoms with E-state index in [0.717, 1.165) is 13.0 Å². The summed E-state index contributed by atoms with van der Waals surface area (Å²) >= 11 is 0. The summed E-state index contributed by atoms with van der Waals surface area (Å²) < 4.78 is 2.06. The van der Waals surface area contributed by atoms with Crippen LogP contribution in [0.25, 0.3) is 0 Å². The van der Waals surface area contributed by atoms with Crippen molar-refractivity contribution in [2.24, 2.45) is 23.0 Å². The van der Waals surface area contributed by atoms with Crippen molar-refractivity contribution in [3.63, 3.8) is 0 Å². The van der Waals surface area contributed by atoms with Crippen LogP contribution in [0, 0.1) is 17.3 Å². The third kappa shape index (κ3) is 3.59. The van der Waals surface area contributed by atoms with E-state index in [9.17, 15) is 0 Å². The van der Waals surface area contributed by atoms with Gasteiger partial charge in [-0.15, -0.1) is 0 Å². The second kappa shape index (κ2) is 5.66. The molecule has 2 N–H and O–H groups in total. The highest BCUT2D eigenvalue weighted by atomic mass is 15.3. The fraction of sp³-hybridized carbons (Fsp3) is 0.812. The maximum absolute atomic E-state index is 5.96. The van der Waals surface area contributed by atoms with Gasteiger partial charge in [0.25, 0.3) is 0 Å². The zero-order valence-electron chi connectivity index (χ0n) is 12.9. The van der Waals surface area contributed by atoms with Crippen molar-refractivity contribution in [2.75, 3.05) is 6.54 Å². The van der Waals surface area contributed by atoms with Crippen LogP contribution in [0.4, 0.5) is 0 Å². The van der Waals surface area contributed by atoms with Crippen molar-refractivity contribution >= 4 is 0 Å². The molecule has 0 radical (unpaired) electrons. The van der Waals surface area contributed by atoms with Crippen LogP contribution in [0.15, 0.2) is 12.3 Å². The number of hydrogen-bond acceptors (Lipinski definition) is 2. The molecule has 1 fully saturated rings. The van der Waals surface area contributed by atoms with Crippen molar-refractivity contribution in [1.29, 1.82) is 0 Å². The average Bonchev–Trinajstić information content (AvgIpc) is 2.77. The van der Waals surface area contributed by atoms with Crippen LogP contribution in [-0.2, 0) is 6.42 Å². The highest BCUT2D eigenvalue weighted by Crippen LogP contribution is 2.42. The Balaban J connectivity index is 2.05. The van der Waals surface area contributed by atoms with E-state index in [1.807, 2.05) is 0 Å². The highest BCUT2D eigenvalue weighted by molar-refractivity contribution is 5.03. The topological polar surface area (TPSA) is 43.8 Å². The Labute approximate surface area is 117 Å². The average molecular weight is 263 g/mol. The molecule has 1 heterocycles. The van der Waals surface area contributed by atoms with Crippen LogP contribution >= 0.6 is 0 Å². The third-order valence-corrected chi connectivity index (χ3v) is 4.64. The lowest BCUT2D eigenvalue weighted by Crippen LogP contribution is -2.35. The van der Waals surface area contributed by atoms with Gasteiger partial charge in [0.15, 0.2) is 0 Å². The lowest BCUT2D eigenvalue weighted by atomic mass is 9.66. The maximum Gasteiger partial charge on any atom is 0.0627 e. The van der Waals surface area contributed by atoms with Gasteiger partial charge in [0.1, 0.15) is 0 Å². The first kappa shape index (κ1) is 14.6. The van der Waals surface area contributed by atoms with Crippen molar-refractivity contribution in [3.05, 3.63) is 18.0 Å². The van der Waals surface area contributed by atoms with Gasteiger partial charge in [-0.05, 0) is 69.4 Å². The molecule has 1 aliphatic carbocycles. The number of nitrogens with two attached hydrogens (primary N) is 1. The summed E-state index contributed by atoms with van der Waals surface area (Å²) in [6, 6.07) is 2.62. The summed E-state index contributed by atoms with van der Waals surface area (Å²) in [5.74, 6) is 1.38. The second-order valence-corrected chi connectivity index (χ2v) is 7.25. The molecule has 2 rings (SSSR count). The van der Waals surface area contributed by atoms with E-state index in [1.54, 1.807) is 0 Å². The van der Waals surface area contributed by atoms with E-state index in [2.05, 4.69) is 44.6 Å². The van der Waals surface area contributed by atoms with Gasteiger partial charge in [-0.1, -0.05) is 13.8 Å². The maximum atomic E-state index is 5.96. The van der Waals surface area contributed by atoms with E-state index in [0.29, 0.717) is 23.3 Å². The van der Waals surface area contributed by atoms with Gasteiger partial charge in [0.2, 0.25) is 0 Å². The largest absolute Gasteiger partial charge is 0.330 e. The number of nitrogens with zero attached hydrogens (tertiary/aromatic N) is 2. The molecule has 3 heteroatoms. The predicted molar refractivity (Wildman–Crippen MR) is 80.0 cm³/mol. The van der Waals surface area contributed by atoms with Crippen molar-refractivity contribution < 1.29 is 0 Å². The Hall–Kier alpha value is -0.830. The minimum Gasteiger partial charge on any atom is -0.330 e. The zero-order valence-corrected chi connectivity index (χ0v) is 12.9. The van der Waals surface area contributed by atoms with Crippen LogP contribution in [0.5, 0.6) is 0 Å². The summed E-state index contributed by atoms with van der Waals surface area (Å²) in [5, 5.41) is 4.70. The summed E-state index contributed by atoms with van der Waals surface area (Å²) in [7, 11) is 0. The summed E-state index contributed by atoms with van der Waals surface area (Å²) in [6.45, 7) is 9.94. The third-order valence-electron chi connectivity index (χ3n) is 4.64. The normalized spacial score (nSPS) is 26.8. The van der Waals surface area contributed by atoms with Crippen LogP contribution in [-0.4, -0.2) is 16.3 Å². The van der Waals surface area contributed by atoms with Crippen LogP contribution < -0.4 is 5.73 Å². The first-order chi connectivity index (χ1) is 8.91. The van der Waals surface area contributed by atoms with Crippen LogP contribution in [0.2, 0.25) is 0 Å². The Bertz CT molecular complexity index is 406. The van der Waals surface area contributed by atoms with E-state index < -0.39 is 0 Å². The predicted octanol–water partition coefficient (Wildman–Crippen LogP) is 3.41. The lowest BCUT2D eigenvalue weighted by molar-refractivity contribution is 0.120. The molecule has 0 amide bonds. The molecule has 0 saturated heterocycles. The fourth-order valence-corrected chi connectivity index (χ4v) is 3.38. The fourth-order valence-electron chi connectivity index (χ4n) is 3.38. The minimum absolute atomic E-state index is 0.446. The molecule has 2 unspecified atom stereocenters. The number of rotatable bonds is 4. The molecule has 3 nitrogen and oxygen atoms in total. The van der Waals surface area contributed by atoms with Gasteiger partial charge in [-0.2, -0.15) is 5.10 Å². The minimum atomic E-state index is 0.446. The molecule has 0 bridgehead atoms. The molecular formula is C16H29N3. The molecule has 1 aromatic heterocycles. The standard InChI is InChI=1S/C16H29N3/c1-12(2)19-8-6-15(18-19)9-14-10-16(3,4)7-5-13(14)11-17/h6,8,12-14H,5,7,9-11,17H2,1-4H3. The molecule has 2 atom stereocenters. The summed E-state index contributed by atoms with van der Waals surface area (Å²) in [5.41, 5.74) is 7.66. The number of hydrogen-bond donors (Lipinski definition) is 1.